The SMILES string of the molecule is C#Cc1ccc(CCC2CCN(C(=O)O)C(N3C(=O)C4CN(C(=O)N5CCOCC5)CCN4C3=O)C2)cc1. The zero-order valence-electron chi connectivity index (χ0n) is 21.3. The maximum absolute atomic E-state index is 13.6. The van der Waals surface area contributed by atoms with E-state index in [1.54, 1.807) is 9.80 Å². The number of aryl methyl sites for hydroxylation is 1. The number of carboxylic acid groups (broad SMARTS) is 1. The van der Waals surface area contributed by atoms with Gasteiger partial charge < -0.3 is 24.5 Å². The first-order valence-electron chi connectivity index (χ1n) is 13.2. The average Bonchev–Trinajstić information content (AvgIpc) is 3.20. The molecule has 0 bridgehead atoms. The second kappa shape index (κ2) is 10.9. The number of nitrogens with zero attached hydrogens (tertiary/aromatic N) is 5. The Labute approximate surface area is 221 Å². The summed E-state index contributed by atoms with van der Waals surface area (Å²) in [6.07, 6.45) is 6.09. The summed E-state index contributed by atoms with van der Waals surface area (Å²) in [4.78, 5) is 59.2. The summed E-state index contributed by atoms with van der Waals surface area (Å²) in [5.74, 6) is 2.32. The lowest BCUT2D eigenvalue weighted by molar-refractivity contribution is -0.134. The number of piperidine rings is 1. The van der Waals surface area contributed by atoms with E-state index in [2.05, 4.69) is 5.92 Å². The topological polar surface area (TPSA) is 114 Å². The summed E-state index contributed by atoms with van der Waals surface area (Å²) >= 11 is 0. The van der Waals surface area contributed by atoms with E-state index < -0.39 is 30.2 Å². The summed E-state index contributed by atoms with van der Waals surface area (Å²) in [5.41, 5.74) is 1.95. The number of carbonyl (C=O) groups is 4. The highest BCUT2D eigenvalue weighted by Gasteiger charge is 2.53. The van der Waals surface area contributed by atoms with Crippen LogP contribution in [0.4, 0.5) is 14.4 Å². The first kappa shape index (κ1) is 25.9. The molecule has 6 amide bonds. The molecule has 4 heterocycles. The Hall–Kier alpha value is -3.78. The van der Waals surface area contributed by atoms with E-state index in [9.17, 15) is 24.3 Å². The highest BCUT2D eigenvalue weighted by atomic mass is 16.5. The lowest BCUT2D eigenvalue weighted by Gasteiger charge is -2.41. The molecular weight excluding hydrogens is 490 g/mol. The molecule has 0 aliphatic carbocycles. The molecule has 1 aromatic rings. The number of urea groups is 2. The molecule has 0 saturated carbocycles. The number of hydrogen-bond acceptors (Lipinski definition) is 5. The number of morpholine rings is 1. The van der Waals surface area contributed by atoms with Crippen LogP contribution in [-0.4, -0.2) is 118 Å². The van der Waals surface area contributed by atoms with Crippen LogP contribution < -0.4 is 0 Å². The number of benzene rings is 1. The minimum atomic E-state index is -1.15. The van der Waals surface area contributed by atoms with E-state index in [0.717, 1.165) is 28.9 Å². The van der Waals surface area contributed by atoms with Gasteiger partial charge in [-0.2, -0.15) is 0 Å². The summed E-state index contributed by atoms with van der Waals surface area (Å²) in [7, 11) is 0. The maximum atomic E-state index is 13.6. The molecule has 4 fully saturated rings. The summed E-state index contributed by atoms with van der Waals surface area (Å²) in [6, 6.07) is 6.36. The lowest BCUT2D eigenvalue weighted by Crippen LogP contribution is -2.58. The smallest absolute Gasteiger partial charge is 0.408 e. The van der Waals surface area contributed by atoms with Crippen LogP contribution in [0.15, 0.2) is 24.3 Å². The fourth-order valence-electron chi connectivity index (χ4n) is 5.90. The van der Waals surface area contributed by atoms with Gasteiger partial charge in [0.1, 0.15) is 12.2 Å². The van der Waals surface area contributed by atoms with Gasteiger partial charge in [-0.25, -0.2) is 19.3 Å². The van der Waals surface area contributed by atoms with Crippen LogP contribution in [0.2, 0.25) is 0 Å². The quantitative estimate of drug-likeness (QED) is 0.475. The predicted octanol–water partition coefficient (Wildman–Crippen LogP) is 1.72. The van der Waals surface area contributed by atoms with Crippen molar-refractivity contribution >= 4 is 24.1 Å². The van der Waals surface area contributed by atoms with Gasteiger partial charge in [-0.15, -0.1) is 6.42 Å². The van der Waals surface area contributed by atoms with Crippen molar-refractivity contribution in [3.63, 3.8) is 0 Å². The summed E-state index contributed by atoms with van der Waals surface area (Å²) in [6.45, 7) is 2.86. The van der Waals surface area contributed by atoms with Crippen molar-refractivity contribution in [2.24, 2.45) is 5.92 Å². The van der Waals surface area contributed by atoms with Crippen molar-refractivity contribution in [3.8, 4) is 12.3 Å². The number of rotatable bonds is 4. The van der Waals surface area contributed by atoms with E-state index in [4.69, 9.17) is 11.2 Å². The molecule has 11 nitrogen and oxygen atoms in total. The Bertz CT molecular complexity index is 1130. The van der Waals surface area contributed by atoms with Crippen LogP contribution in [-0.2, 0) is 16.0 Å². The lowest BCUT2D eigenvalue weighted by atomic mass is 9.88. The maximum Gasteiger partial charge on any atom is 0.408 e. The molecule has 4 saturated heterocycles. The minimum absolute atomic E-state index is 0.105. The first-order chi connectivity index (χ1) is 18.4. The van der Waals surface area contributed by atoms with Crippen LogP contribution in [0.5, 0.6) is 0 Å². The van der Waals surface area contributed by atoms with Gasteiger partial charge in [0.05, 0.1) is 19.8 Å². The predicted molar refractivity (Wildman–Crippen MR) is 136 cm³/mol. The molecular formula is C27H33N5O6. The summed E-state index contributed by atoms with van der Waals surface area (Å²) in [5, 5.41) is 9.88. The van der Waals surface area contributed by atoms with Crippen molar-refractivity contribution in [3.05, 3.63) is 35.4 Å². The molecule has 0 aromatic heterocycles. The Morgan fingerprint density at radius 2 is 1.76 bits per heavy atom. The molecule has 1 aromatic carbocycles. The van der Waals surface area contributed by atoms with E-state index in [1.807, 2.05) is 24.3 Å². The Morgan fingerprint density at radius 1 is 1.03 bits per heavy atom. The average molecular weight is 524 g/mol. The van der Waals surface area contributed by atoms with Crippen LogP contribution in [0.25, 0.3) is 0 Å². The third-order valence-electron chi connectivity index (χ3n) is 8.09. The second-order valence-electron chi connectivity index (χ2n) is 10.3. The zero-order valence-corrected chi connectivity index (χ0v) is 21.3. The van der Waals surface area contributed by atoms with Gasteiger partial charge in [0.25, 0.3) is 5.91 Å². The van der Waals surface area contributed by atoms with Gasteiger partial charge in [0.2, 0.25) is 0 Å². The van der Waals surface area contributed by atoms with Crippen LogP contribution >= 0.6 is 0 Å². The van der Waals surface area contributed by atoms with Crippen LogP contribution in [0.1, 0.15) is 30.4 Å². The molecule has 202 valence electrons. The van der Waals surface area contributed by atoms with Gasteiger partial charge >= 0.3 is 18.2 Å². The normalized spacial score (nSPS) is 25.9. The van der Waals surface area contributed by atoms with E-state index >= 15 is 0 Å². The molecule has 0 radical (unpaired) electrons. The van der Waals surface area contributed by atoms with Gasteiger partial charge in [-0.05, 0) is 49.3 Å². The fourth-order valence-corrected chi connectivity index (χ4v) is 5.90. The number of likely N-dealkylation sites (tertiary alicyclic amines) is 1. The first-order valence-corrected chi connectivity index (χ1v) is 13.2. The monoisotopic (exact) mass is 523 g/mol. The van der Waals surface area contributed by atoms with Crippen molar-refractivity contribution in [2.45, 2.75) is 37.9 Å². The van der Waals surface area contributed by atoms with Crippen LogP contribution in [0.3, 0.4) is 0 Å². The van der Waals surface area contributed by atoms with E-state index in [0.29, 0.717) is 45.7 Å². The van der Waals surface area contributed by atoms with Crippen molar-refractivity contribution in [2.75, 3.05) is 52.5 Å². The van der Waals surface area contributed by atoms with Crippen molar-refractivity contribution in [1.29, 1.82) is 0 Å². The van der Waals surface area contributed by atoms with Crippen molar-refractivity contribution in [1.82, 2.24) is 24.5 Å². The van der Waals surface area contributed by atoms with Gasteiger partial charge in [-0.3, -0.25) is 9.69 Å². The number of ether oxygens (including phenoxy) is 1. The van der Waals surface area contributed by atoms with Crippen LogP contribution in [0, 0.1) is 18.3 Å². The number of amides is 6. The van der Waals surface area contributed by atoms with E-state index in [1.165, 1.54) is 9.80 Å². The number of fused-ring (bicyclic) bond motifs is 1. The third kappa shape index (κ3) is 5.00. The largest absolute Gasteiger partial charge is 0.465 e. The standard InChI is InChI=1S/C27H33N5O6/c1-2-19-3-5-20(6-4-19)7-8-21-9-10-31(27(36)37)23(17-21)32-24(33)22-18-29(11-12-30(22)26(32)35)25(34)28-13-15-38-16-14-28/h1,3-6,21-23H,7-18H2,(H,36,37). The highest BCUT2D eigenvalue weighted by molar-refractivity contribution is 6.05. The number of carbonyl (C=O) groups excluding carboxylic acids is 3. The molecule has 4 aliphatic rings. The molecule has 3 atom stereocenters. The molecule has 0 spiro atoms. The molecule has 5 rings (SSSR count). The van der Waals surface area contributed by atoms with Gasteiger partial charge in [-0.1, -0.05) is 18.1 Å². The highest BCUT2D eigenvalue weighted by Crippen LogP contribution is 2.33. The molecule has 4 aliphatic heterocycles. The zero-order chi connectivity index (χ0) is 26.8. The van der Waals surface area contributed by atoms with Gasteiger partial charge in [0.15, 0.2) is 0 Å². The minimum Gasteiger partial charge on any atom is -0.465 e. The third-order valence-corrected chi connectivity index (χ3v) is 8.09. The Morgan fingerprint density at radius 3 is 2.45 bits per heavy atom. The number of hydrogen-bond donors (Lipinski definition) is 1. The Kier molecular flexibility index (Phi) is 7.42. The fraction of sp³-hybridized carbons (Fsp3) is 0.556. The number of piperazine rings is 1. The van der Waals surface area contributed by atoms with Gasteiger partial charge in [0, 0.05) is 38.3 Å². The molecule has 11 heteroatoms. The number of terminal acetylenes is 1. The Balaban J connectivity index is 1.27. The number of imide groups is 1. The second-order valence-corrected chi connectivity index (χ2v) is 10.3. The molecule has 1 N–H and O–H groups in total. The van der Waals surface area contributed by atoms with Crippen molar-refractivity contribution < 1.29 is 29.0 Å². The summed E-state index contributed by atoms with van der Waals surface area (Å²) < 4.78 is 5.32. The molecule has 38 heavy (non-hydrogen) atoms. The van der Waals surface area contributed by atoms with E-state index in [-0.39, 0.29) is 31.6 Å². The molecule has 3 unspecified atom stereocenters.